The van der Waals surface area contributed by atoms with Gasteiger partial charge in [0.25, 0.3) is 0 Å². The SMILES string of the molecule is O=C(O)Nc1cnc(Br)s1. The van der Waals surface area contributed by atoms with Gasteiger partial charge in [0, 0.05) is 0 Å². The number of amides is 1. The van der Waals surface area contributed by atoms with Crippen molar-refractivity contribution in [3.8, 4) is 0 Å². The molecule has 1 heterocycles. The monoisotopic (exact) mass is 222 g/mol. The Balaban J connectivity index is 2.67. The fraction of sp³-hybridized carbons (Fsp3) is 0. The Morgan fingerprint density at radius 1 is 1.90 bits per heavy atom. The van der Waals surface area contributed by atoms with E-state index in [0.29, 0.717) is 8.92 Å². The Morgan fingerprint density at radius 3 is 3.00 bits per heavy atom. The van der Waals surface area contributed by atoms with Gasteiger partial charge in [-0.1, -0.05) is 11.3 Å². The first-order chi connectivity index (χ1) is 4.68. The van der Waals surface area contributed by atoms with Gasteiger partial charge in [0.05, 0.1) is 6.20 Å². The molecule has 0 radical (unpaired) electrons. The number of thiazole rings is 1. The van der Waals surface area contributed by atoms with Crippen molar-refractivity contribution >= 4 is 38.4 Å². The maximum Gasteiger partial charge on any atom is 0.409 e. The highest BCUT2D eigenvalue weighted by Crippen LogP contribution is 2.22. The van der Waals surface area contributed by atoms with E-state index in [0.717, 1.165) is 0 Å². The number of hydrogen-bond donors (Lipinski definition) is 2. The molecule has 0 spiro atoms. The van der Waals surface area contributed by atoms with Crippen LogP contribution in [0.5, 0.6) is 0 Å². The average molecular weight is 223 g/mol. The van der Waals surface area contributed by atoms with Gasteiger partial charge >= 0.3 is 6.09 Å². The minimum atomic E-state index is -1.07. The van der Waals surface area contributed by atoms with Crippen molar-refractivity contribution in [1.29, 1.82) is 0 Å². The summed E-state index contributed by atoms with van der Waals surface area (Å²) in [6.45, 7) is 0. The molecule has 6 heteroatoms. The molecule has 0 aliphatic heterocycles. The zero-order valence-electron chi connectivity index (χ0n) is 4.67. The second-order valence-electron chi connectivity index (χ2n) is 1.41. The first-order valence-corrected chi connectivity index (χ1v) is 3.90. The van der Waals surface area contributed by atoms with Gasteiger partial charge in [0.15, 0.2) is 3.92 Å². The molecule has 0 unspecified atom stereocenters. The molecule has 10 heavy (non-hydrogen) atoms. The van der Waals surface area contributed by atoms with Crippen molar-refractivity contribution in [2.24, 2.45) is 0 Å². The van der Waals surface area contributed by atoms with Crippen LogP contribution in [0.3, 0.4) is 0 Å². The topological polar surface area (TPSA) is 62.2 Å². The first kappa shape index (κ1) is 7.49. The Kier molecular flexibility index (Phi) is 2.23. The van der Waals surface area contributed by atoms with Gasteiger partial charge < -0.3 is 5.11 Å². The van der Waals surface area contributed by atoms with E-state index in [1.165, 1.54) is 17.5 Å². The van der Waals surface area contributed by atoms with E-state index in [9.17, 15) is 4.79 Å². The lowest BCUT2D eigenvalue weighted by Crippen LogP contribution is -2.05. The second-order valence-corrected chi connectivity index (χ2v) is 3.71. The molecular formula is C4H3BrN2O2S. The predicted molar refractivity (Wildman–Crippen MR) is 41.5 cm³/mol. The summed E-state index contributed by atoms with van der Waals surface area (Å²) in [5, 5.41) is 10.9. The van der Waals surface area contributed by atoms with Gasteiger partial charge in [0.1, 0.15) is 5.00 Å². The summed E-state index contributed by atoms with van der Waals surface area (Å²) in [5.41, 5.74) is 0. The summed E-state index contributed by atoms with van der Waals surface area (Å²) in [5.74, 6) is 0. The number of hydrogen-bond acceptors (Lipinski definition) is 3. The Morgan fingerprint density at radius 2 is 2.60 bits per heavy atom. The molecule has 0 bridgehead atoms. The molecule has 4 nitrogen and oxygen atoms in total. The molecule has 0 aliphatic rings. The van der Waals surface area contributed by atoms with E-state index in [4.69, 9.17) is 5.11 Å². The molecule has 2 N–H and O–H groups in total. The number of aromatic nitrogens is 1. The summed E-state index contributed by atoms with van der Waals surface area (Å²) in [4.78, 5) is 13.8. The van der Waals surface area contributed by atoms with E-state index >= 15 is 0 Å². The van der Waals surface area contributed by atoms with E-state index < -0.39 is 6.09 Å². The predicted octanol–water partition coefficient (Wildman–Crippen LogP) is 2.00. The van der Waals surface area contributed by atoms with Gasteiger partial charge in [-0.25, -0.2) is 9.78 Å². The summed E-state index contributed by atoms with van der Waals surface area (Å²) >= 11 is 4.33. The summed E-state index contributed by atoms with van der Waals surface area (Å²) in [7, 11) is 0. The van der Waals surface area contributed by atoms with Crippen LogP contribution in [-0.4, -0.2) is 16.2 Å². The third-order valence-electron chi connectivity index (χ3n) is 0.708. The number of rotatable bonds is 1. The Labute approximate surface area is 69.0 Å². The molecule has 1 aromatic rings. The third kappa shape index (κ3) is 1.96. The van der Waals surface area contributed by atoms with Crippen LogP contribution in [0.2, 0.25) is 0 Å². The van der Waals surface area contributed by atoms with Crippen molar-refractivity contribution < 1.29 is 9.90 Å². The van der Waals surface area contributed by atoms with Crippen molar-refractivity contribution in [1.82, 2.24) is 4.98 Å². The summed E-state index contributed by atoms with van der Waals surface area (Å²) in [6, 6.07) is 0. The van der Waals surface area contributed by atoms with Crippen molar-refractivity contribution in [3.63, 3.8) is 0 Å². The largest absolute Gasteiger partial charge is 0.465 e. The van der Waals surface area contributed by atoms with Crippen molar-refractivity contribution in [2.75, 3.05) is 5.32 Å². The second kappa shape index (κ2) is 2.98. The van der Waals surface area contributed by atoms with Crippen molar-refractivity contribution in [3.05, 3.63) is 10.1 Å². The minimum absolute atomic E-state index is 0.513. The zero-order valence-corrected chi connectivity index (χ0v) is 7.07. The highest BCUT2D eigenvalue weighted by Gasteiger charge is 2.00. The quantitative estimate of drug-likeness (QED) is 0.765. The molecule has 0 aromatic carbocycles. The van der Waals surface area contributed by atoms with Crippen LogP contribution >= 0.6 is 27.3 Å². The van der Waals surface area contributed by atoms with E-state index in [1.54, 1.807) is 0 Å². The molecule has 0 fully saturated rings. The summed E-state index contributed by atoms with van der Waals surface area (Å²) < 4.78 is 0.663. The molecule has 54 valence electrons. The zero-order chi connectivity index (χ0) is 7.56. The number of halogens is 1. The number of nitrogens with one attached hydrogen (secondary N) is 1. The molecule has 1 aromatic heterocycles. The van der Waals surface area contributed by atoms with Gasteiger partial charge in [-0.3, -0.25) is 5.32 Å². The lowest BCUT2D eigenvalue weighted by Gasteiger charge is -1.89. The third-order valence-corrected chi connectivity index (χ3v) is 2.10. The maximum atomic E-state index is 10.0. The smallest absolute Gasteiger partial charge is 0.409 e. The number of carbonyl (C=O) groups is 1. The highest BCUT2D eigenvalue weighted by molar-refractivity contribution is 9.11. The molecular weight excluding hydrogens is 220 g/mol. The van der Waals surface area contributed by atoms with Gasteiger partial charge in [-0.05, 0) is 15.9 Å². The van der Waals surface area contributed by atoms with Crippen molar-refractivity contribution in [2.45, 2.75) is 0 Å². The van der Waals surface area contributed by atoms with Crippen LogP contribution in [0, 0.1) is 0 Å². The fourth-order valence-electron chi connectivity index (χ4n) is 0.416. The maximum absolute atomic E-state index is 10.0. The lowest BCUT2D eigenvalue weighted by atomic mass is 10.8. The van der Waals surface area contributed by atoms with Crippen LogP contribution in [0.1, 0.15) is 0 Å². The standard InChI is InChI=1S/C4H3BrN2O2S/c5-3-6-1-2(10-3)7-4(8)9/h1,7H,(H,8,9). The van der Waals surface area contributed by atoms with Gasteiger partial charge in [-0.15, -0.1) is 0 Å². The fourth-order valence-corrected chi connectivity index (χ4v) is 1.57. The normalized spacial score (nSPS) is 9.30. The Hall–Kier alpha value is -0.620. The van der Waals surface area contributed by atoms with E-state index in [2.05, 4.69) is 26.2 Å². The molecule has 0 saturated carbocycles. The lowest BCUT2D eigenvalue weighted by molar-refractivity contribution is 0.210. The van der Waals surface area contributed by atoms with E-state index in [1.807, 2.05) is 0 Å². The van der Waals surface area contributed by atoms with Crippen LogP contribution in [0.15, 0.2) is 10.1 Å². The molecule has 1 amide bonds. The average Bonchev–Trinajstić information content (AvgIpc) is 2.13. The van der Waals surface area contributed by atoms with Crippen LogP contribution in [0.25, 0.3) is 0 Å². The van der Waals surface area contributed by atoms with Gasteiger partial charge in [-0.2, -0.15) is 0 Å². The molecule has 0 saturated heterocycles. The minimum Gasteiger partial charge on any atom is -0.465 e. The van der Waals surface area contributed by atoms with Crippen LogP contribution in [-0.2, 0) is 0 Å². The number of anilines is 1. The van der Waals surface area contributed by atoms with Crippen LogP contribution < -0.4 is 5.32 Å². The molecule has 0 atom stereocenters. The summed E-state index contributed by atoms with van der Waals surface area (Å²) in [6.07, 6.45) is 0.374. The van der Waals surface area contributed by atoms with Crippen LogP contribution in [0.4, 0.5) is 9.80 Å². The molecule has 0 aliphatic carbocycles. The highest BCUT2D eigenvalue weighted by atomic mass is 79.9. The number of nitrogens with zero attached hydrogens (tertiary/aromatic N) is 1. The van der Waals surface area contributed by atoms with E-state index in [-0.39, 0.29) is 0 Å². The number of carboxylic acid groups (broad SMARTS) is 1. The van der Waals surface area contributed by atoms with Gasteiger partial charge in [0.2, 0.25) is 0 Å². The molecule has 1 rings (SSSR count). The Bertz CT molecular complexity index is 249. The first-order valence-electron chi connectivity index (χ1n) is 2.30.